The van der Waals surface area contributed by atoms with Crippen molar-refractivity contribution in [3.63, 3.8) is 0 Å². The van der Waals surface area contributed by atoms with E-state index in [1.165, 1.54) is 12.1 Å². The van der Waals surface area contributed by atoms with Crippen molar-refractivity contribution in [3.8, 4) is 5.75 Å². The van der Waals surface area contributed by atoms with Crippen LogP contribution in [0.5, 0.6) is 5.75 Å². The van der Waals surface area contributed by atoms with Crippen LogP contribution in [0.4, 0.5) is 11.4 Å². The molecule has 1 fully saturated rings. The average molecular weight is 279 g/mol. The standard InChI is InChI=1S/C13H17N3O4/c1-13(6-2-3-7-14-13)12(18)15-10-5-4-9(17)8-11(10)16(19)20/h4-5,8,14,17H,2-3,6-7H2,1H3,(H,15,18). The summed E-state index contributed by atoms with van der Waals surface area (Å²) >= 11 is 0. The van der Waals surface area contributed by atoms with Gasteiger partial charge in [-0.2, -0.15) is 0 Å². The third-order valence-electron chi connectivity index (χ3n) is 3.55. The van der Waals surface area contributed by atoms with E-state index >= 15 is 0 Å². The predicted octanol–water partition coefficient (Wildman–Crippen LogP) is 1.77. The smallest absolute Gasteiger partial charge is 0.296 e. The second-order valence-corrected chi connectivity index (χ2v) is 5.13. The Bertz CT molecular complexity index is 538. The number of nitrogens with one attached hydrogen (secondary N) is 2. The van der Waals surface area contributed by atoms with Crippen molar-refractivity contribution < 1.29 is 14.8 Å². The van der Waals surface area contributed by atoms with Gasteiger partial charge in [0.05, 0.1) is 16.5 Å². The van der Waals surface area contributed by atoms with Gasteiger partial charge in [0.25, 0.3) is 5.69 Å². The van der Waals surface area contributed by atoms with Gasteiger partial charge in [-0.1, -0.05) is 0 Å². The third kappa shape index (κ3) is 2.88. The van der Waals surface area contributed by atoms with Gasteiger partial charge < -0.3 is 15.7 Å². The maximum absolute atomic E-state index is 12.3. The molecule has 7 heteroatoms. The minimum Gasteiger partial charge on any atom is -0.508 e. The predicted molar refractivity (Wildman–Crippen MR) is 73.6 cm³/mol. The van der Waals surface area contributed by atoms with Gasteiger partial charge in [0.15, 0.2) is 0 Å². The molecular formula is C13H17N3O4. The highest BCUT2D eigenvalue weighted by Gasteiger charge is 2.35. The number of nitro benzene ring substituents is 1. The van der Waals surface area contributed by atoms with Crippen LogP contribution in [0.3, 0.4) is 0 Å². The lowest BCUT2D eigenvalue weighted by atomic mass is 9.90. The SMILES string of the molecule is CC1(C(=O)Nc2ccc(O)cc2[N+](=O)[O-])CCCCN1. The molecule has 1 unspecified atom stereocenters. The van der Waals surface area contributed by atoms with Gasteiger partial charge in [0.1, 0.15) is 11.4 Å². The third-order valence-corrected chi connectivity index (χ3v) is 3.55. The summed E-state index contributed by atoms with van der Waals surface area (Å²) < 4.78 is 0. The van der Waals surface area contributed by atoms with Crippen LogP contribution in [0.1, 0.15) is 26.2 Å². The van der Waals surface area contributed by atoms with E-state index in [-0.39, 0.29) is 23.0 Å². The monoisotopic (exact) mass is 279 g/mol. The van der Waals surface area contributed by atoms with Crippen molar-refractivity contribution in [3.05, 3.63) is 28.3 Å². The van der Waals surface area contributed by atoms with Crippen molar-refractivity contribution in [2.75, 3.05) is 11.9 Å². The van der Waals surface area contributed by atoms with E-state index < -0.39 is 10.5 Å². The highest BCUT2D eigenvalue weighted by molar-refractivity contribution is 5.99. The van der Waals surface area contributed by atoms with E-state index in [4.69, 9.17) is 0 Å². The Balaban J connectivity index is 2.21. The molecule has 1 aromatic rings. The van der Waals surface area contributed by atoms with Crippen molar-refractivity contribution >= 4 is 17.3 Å². The molecule has 1 aromatic carbocycles. The van der Waals surface area contributed by atoms with Crippen LogP contribution in [-0.2, 0) is 4.79 Å². The highest BCUT2D eigenvalue weighted by Crippen LogP contribution is 2.30. The van der Waals surface area contributed by atoms with Crippen LogP contribution >= 0.6 is 0 Å². The summed E-state index contributed by atoms with van der Waals surface area (Å²) in [6.07, 6.45) is 2.64. The number of anilines is 1. The Kier molecular flexibility index (Phi) is 3.89. The zero-order chi connectivity index (χ0) is 14.8. The first kappa shape index (κ1) is 14.3. The quantitative estimate of drug-likeness (QED) is 0.444. The number of nitro groups is 1. The molecule has 7 nitrogen and oxygen atoms in total. The number of hydrogen-bond donors (Lipinski definition) is 3. The summed E-state index contributed by atoms with van der Waals surface area (Å²) in [5.74, 6) is -0.511. The van der Waals surface area contributed by atoms with E-state index in [1.807, 2.05) is 0 Å². The lowest BCUT2D eigenvalue weighted by molar-refractivity contribution is -0.384. The summed E-state index contributed by atoms with van der Waals surface area (Å²) in [5.41, 5.74) is -0.951. The van der Waals surface area contributed by atoms with Gasteiger partial charge in [-0.25, -0.2) is 0 Å². The molecule has 0 spiro atoms. The van der Waals surface area contributed by atoms with Crippen LogP contribution in [-0.4, -0.2) is 28.0 Å². The fourth-order valence-electron chi connectivity index (χ4n) is 2.29. The van der Waals surface area contributed by atoms with Crippen LogP contribution in [0, 0.1) is 10.1 Å². The van der Waals surface area contributed by atoms with E-state index in [2.05, 4.69) is 10.6 Å². The van der Waals surface area contributed by atoms with E-state index in [1.54, 1.807) is 6.92 Å². The van der Waals surface area contributed by atoms with Crippen LogP contribution in [0.25, 0.3) is 0 Å². The number of aromatic hydroxyl groups is 1. The Morgan fingerprint density at radius 2 is 2.25 bits per heavy atom. The van der Waals surface area contributed by atoms with Gasteiger partial charge >= 0.3 is 0 Å². The molecule has 0 bridgehead atoms. The number of nitrogens with zero attached hydrogens (tertiary/aromatic N) is 1. The number of amides is 1. The second kappa shape index (κ2) is 5.46. The minimum atomic E-state index is -0.718. The topological polar surface area (TPSA) is 104 Å². The lowest BCUT2D eigenvalue weighted by Crippen LogP contribution is -2.54. The number of carbonyl (C=O) groups excluding carboxylic acids is 1. The number of carbonyl (C=O) groups is 1. The number of benzene rings is 1. The number of phenols is 1. The molecule has 1 heterocycles. The molecule has 0 saturated carbocycles. The molecular weight excluding hydrogens is 262 g/mol. The molecule has 0 radical (unpaired) electrons. The molecule has 0 aliphatic carbocycles. The molecule has 1 aliphatic heterocycles. The fourth-order valence-corrected chi connectivity index (χ4v) is 2.29. The first-order valence-corrected chi connectivity index (χ1v) is 6.46. The molecule has 1 saturated heterocycles. The van der Waals surface area contributed by atoms with Gasteiger partial charge in [-0.15, -0.1) is 0 Å². The number of rotatable bonds is 3. The van der Waals surface area contributed by atoms with Gasteiger partial charge in [-0.3, -0.25) is 14.9 Å². The maximum atomic E-state index is 12.3. The molecule has 2 rings (SSSR count). The molecule has 0 aromatic heterocycles. The van der Waals surface area contributed by atoms with Gasteiger partial charge in [-0.05, 0) is 44.9 Å². The molecule has 1 amide bonds. The Hall–Kier alpha value is -2.15. The van der Waals surface area contributed by atoms with Crippen LogP contribution in [0.2, 0.25) is 0 Å². The number of phenolic OH excluding ortho intramolecular Hbond substituents is 1. The summed E-state index contributed by atoms with van der Waals surface area (Å²) in [5, 5.41) is 25.9. The number of hydrogen-bond acceptors (Lipinski definition) is 5. The fraction of sp³-hybridized carbons (Fsp3) is 0.462. The summed E-state index contributed by atoms with van der Waals surface area (Å²) in [7, 11) is 0. The molecule has 1 atom stereocenters. The molecule has 20 heavy (non-hydrogen) atoms. The second-order valence-electron chi connectivity index (χ2n) is 5.13. The molecule has 1 aliphatic rings. The van der Waals surface area contributed by atoms with Gasteiger partial charge in [0.2, 0.25) is 5.91 Å². The highest BCUT2D eigenvalue weighted by atomic mass is 16.6. The van der Waals surface area contributed by atoms with E-state index in [0.717, 1.165) is 25.5 Å². The minimum absolute atomic E-state index is 0.0893. The zero-order valence-electron chi connectivity index (χ0n) is 11.2. The molecule has 3 N–H and O–H groups in total. The Labute approximate surface area is 116 Å². The van der Waals surface area contributed by atoms with Crippen molar-refractivity contribution in [2.45, 2.75) is 31.7 Å². The Morgan fingerprint density at radius 1 is 1.50 bits per heavy atom. The van der Waals surface area contributed by atoms with E-state index in [9.17, 15) is 20.0 Å². The lowest BCUT2D eigenvalue weighted by Gasteiger charge is -2.33. The first-order valence-electron chi connectivity index (χ1n) is 6.46. The van der Waals surface area contributed by atoms with Crippen molar-refractivity contribution in [2.24, 2.45) is 0 Å². The van der Waals surface area contributed by atoms with Crippen molar-refractivity contribution in [1.82, 2.24) is 5.32 Å². The summed E-state index contributed by atoms with van der Waals surface area (Å²) in [4.78, 5) is 22.6. The Morgan fingerprint density at radius 3 is 2.85 bits per heavy atom. The molecule has 108 valence electrons. The number of piperidine rings is 1. The largest absolute Gasteiger partial charge is 0.508 e. The average Bonchev–Trinajstić information content (AvgIpc) is 2.41. The summed E-state index contributed by atoms with van der Waals surface area (Å²) in [6.45, 7) is 2.54. The van der Waals surface area contributed by atoms with Crippen LogP contribution in [0.15, 0.2) is 18.2 Å². The normalized spacial score (nSPS) is 22.2. The van der Waals surface area contributed by atoms with Gasteiger partial charge in [0, 0.05) is 0 Å². The van der Waals surface area contributed by atoms with E-state index in [0.29, 0.717) is 6.42 Å². The summed E-state index contributed by atoms with van der Waals surface area (Å²) in [6, 6.07) is 3.66. The zero-order valence-corrected chi connectivity index (χ0v) is 11.2. The first-order chi connectivity index (χ1) is 9.42. The van der Waals surface area contributed by atoms with Crippen molar-refractivity contribution in [1.29, 1.82) is 0 Å². The van der Waals surface area contributed by atoms with Crippen LogP contribution < -0.4 is 10.6 Å². The maximum Gasteiger partial charge on any atom is 0.296 e.